The van der Waals surface area contributed by atoms with Crippen molar-refractivity contribution >= 4 is 5.97 Å². The minimum absolute atomic E-state index is 0.285. The normalized spacial score (nSPS) is 13.8. The summed E-state index contributed by atoms with van der Waals surface area (Å²) < 4.78 is 5.58. The van der Waals surface area contributed by atoms with E-state index in [9.17, 15) is 4.79 Å². The standard InChI is InChI=1S/C17H32O2/c1-5-8-10-11-13-15-17(4,14-12-9-6-2)19-16(18)7-3/h7H,3,5-6,8-15H2,1-2,4H3. The summed E-state index contributed by atoms with van der Waals surface area (Å²) >= 11 is 0. The highest BCUT2D eigenvalue weighted by molar-refractivity contribution is 5.81. The molecule has 0 saturated carbocycles. The summed E-state index contributed by atoms with van der Waals surface area (Å²) in [5.41, 5.74) is -0.299. The van der Waals surface area contributed by atoms with Gasteiger partial charge >= 0.3 is 5.97 Å². The van der Waals surface area contributed by atoms with E-state index in [0.29, 0.717) is 0 Å². The average molecular weight is 268 g/mol. The van der Waals surface area contributed by atoms with Crippen molar-refractivity contribution in [3.05, 3.63) is 12.7 Å². The molecule has 0 spiro atoms. The Morgan fingerprint density at radius 1 is 1.00 bits per heavy atom. The third-order valence-corrected chi connectivity index (χ3v) is 3.63. The van der Waals surface area contributed by atoms with Gasteiger partial charge in [0.15, 0.2) is 0 Å². The minimum atomic E-state index is -0.299. The van der Waals surface area contributed by atoms with Crippen LogP contribution in [0.25, 0.3) is 0 Å². The van der Waals surface area contributed by atoms with Crippen LogP contribution in [0.4, 0.5) is 0 Å². The molecule has 0 saturated heterocycles. The van der Waals surface area contributed by atoms with E-state index >= 15 is 0 Å². The number of hydrogen-bond donors (Lipinski definition) is 0. The number of ether oxygens (including phenoxy) is 1. The van der Waals surface area contributed by atoms with E-state index < -0.39 is 0 Å². The van der Waals surface area contributed by atoms with Crippen LogP contribution in [-0.2, 0) is 9.53 Å². The fraction of sp³-hybridized carbons (Fsp3) is 0.824. The van der Waals surface area contributed by atoms with Crippen LogP contribution in [0.2, 0.25) is 0 Å². The monoisotopic (exact) mass is 268 g/mol. The first-order chi connectivity index (χ1) is 9.08. The Hall–Kier alpha value is -0.790. The third kappa shape index (κ3) is 9.75. The Balaban J connectivity index is 4.14. The van der Waals surface area contributed by atoms with Gasteiger partial charge in [0.1, 0.15) is 5.60 Å². The van der Waals surface area contributed by atoms with Gasteiger partial charge in [0.2, 0.25) is 0 Å². The van der Waals surface area contributed by atoms with Crippen molar-refractivity contribution in [2.24, 2.45) is 0 Å². The predicted octanol–water partition coefficient (Wildman–Crippen LogP) is 5.42. The topological polar surface area (TPSA) is 26.3 Å². The molecule has 112 valence electrons. The maximum Gasteiger partial charge on any atom is 0.330 e. The lowest BCUT2D eigenvalue weighted by atomic mass is 9.91. The molecule has 1 atom stereocenters. The van der Waals surface area contributed by atoms with Gasteiger partial charge in [-0.15, -0.1) is 0 Å². The summed E-state index contributed by atoms with van der Waals surface area (Å²) in [7, 11) is 0. The molecule has 0 aliphatic heterocycles. The summed E-state index contributed by atoms with van der Waals surface area (Å²) in [6, 6.07) is 0. The number of rotatable bonds is 12. The zero-order chi connectivity index (χ0) is 14.6. The lowest BCUT2D eigenvalue weighted by Gasteiger charge is -2.29. The van der Waals surface area contributed by atoms with E-state index in [1.54, 1.807) is 0 Å². The second kappa shape index (κ2) is 11.1. The van der Waals surface area contributed by atoms with Crippen molar-refractivity contribution in [2.75, 3.05) is 0 Å². The van der Waals surface area contributed by atoms with Gasteiger partial charge in [0.25, 0.3) is 0 Å². The molecule has 0 fully saturated rings. The summed E-state index contributed by atoms with van der Waals surface area (Å²) in [6.45, 7) is 9.98. The van der Waals surface area contributed by atoms with Gasteiger partial charge in [-0.2, -0.15) is 0 Å². The number of carbonyl (C=O) groups is 1. The molecule has 0 amide bonds. The Labute approximate surface area is 119 Å². The summed E-state index contributed by atoms with van der Waals surface area (Å²) in [6.07, 6.45) is 13.0. The molecule has 0 aliphatic rings. The maximum atomic E-state index is 11.5. The van der Waals surface area contributed by atoms with Gasteiger partial charge in [0, 0.05) is 6.08 Å². The van der Waals surface area contributed by atoms with Crippen molar-refractivity contribution in [1.82, 2.24) is 0 Å². The molecule has 0 bridgehead atoms. The van der Waals surface area contributed by atoms with Crippen LogP contribution >= 0.6 is 0 Å². The summed E-state index contributed by atoms with van der Waals surface area (Å²) in [5.74, 6) is -0.285. The lowest BCUT2D eigenvalue weighted by molar-refractivity contribution is -0.153. The molecule has 0 aromatic carbocycles. The quantitative estimate of drug-likeness (QED) is 0.268. The first-order valence-corrected chi connectivity index (χ1v) is 7.93. The minimum Gasteiger partial charge on any atom is -0.456 e. The number of unbranched alkanes of at least 4 members (excludes halogenated alkanes) is 6. The van der Waals surface area contributed by atoms with Gasteiger partial charge in [-0.3, -0.25) is 0 Å². The van der Waals surface area contributed by atoms with E-state index in [2.05, 4.69) is 27.4 Å². The molecule has 1 unspecified atom stereocenters. The molecule has 0 N–H and O–H groups in total. The molecule has 0 radical (unpaired) electrons. The van der Waals surface area contributed by atoms with Crippen molar-refractivity contribution in [3.8, 4) is 0 Å². The second-order valence-electron chi connectivity index (χ2n) is 5.70. The SMILES string of the molecule is C=CC(=O)OC(C)(CCCCC)CCCCCCC. The van der Waals surface area contributed by atoms with Gasteiger partial charge in [-0.1, -0.05) is 59.0 Å². The average Bonchev–Trinajstić information content (AvgIpc) is 2.38. The molecule has 0 heterocycles. The highest BCUT2D eigenvalue weighted by atomic mass is 16.6. The van der Waals surface area contributed by atoms with Crippen molar-refractivity contribution in [3.63, 3.8) is 0 Å². The van der Waals surface area contributed by atoms with Gasteiger partial charge in [-0.05, 0) is 32.6 Å². The first-order valence-electron chi connectivity index (χ1n) is 7.93. The Morgan fingerprint density at radius 3 is 2.00 bits per heavy atom. The molecule has 0 aromatic rings. The smallest absolute Gasteiger partial charge is 0.330 e. The molecular formula is C17H32O2. The Morgan fingerprint density at radius 2 is 1.47 bits per heavy atom. The molecule has 0 aromatic heterocycles. The lowest BCUT2D eigenvalue weighted by Crippen LogP contribution is -2.31. The molecule has 2 nitrogen and oxygen atoms in total. The fourth-order valence-corrected chi connectivity index (χ4v) is 2.36. The Kier molecular flexibility index (Phi) is 10.6. The van der Waals surface area contributed by atoms with E-state index in [1.165, 1.54) is 44.6 Å². The third-order valence-electron chi connectivity index (χ3n) is 3.63. The van der Waals surface area contributed by atoms with Gasteiger partial charge < -0.3 is 4.74 Å². The maximum absolute atomic E-state index is 11.5. The van der Waals surface area contributed by atoms with Gasteiger partial charge in [0.05, 0.1) is 0 Å². The van der Waals surface area contributed by atoms with Crippen LogP contribution < -0.4 is 0 Å². The number of hydrogen-bond acceptors (Lipinski definition) is 2. The predicted molar refractivity (Wildman–Crippen MR) is 82.2 cm³/mol. The molecule has 0 aliphatic carbocycles. The largest absolute Gasteiger partial charge is 0.456 e. The van der Waals surface area contributed by atoms with Crippen LogP contribution in [0, 0.1) is 0 Å². The highest BCUT2D eigenvalue weighted by Gasteiger charge is 2.26. The van der Waals surface area contributed by atoms with E-state index in [4.69, 9.17) is 4.74 Å². The molecule has 2 heteroatoms. The Bertz CT molecular complexity index is 248. The van der Waals surface area contributed by atoms with Crippen LogP contribution in [0.5, 0.6) is 0 Å². The zero-order valence-corrected chi connectivity index (χ0v) is 13.2. The van der Waals surface area contributed by atoms with Crippen LogP contribution in [0.15, 0.2) is 12.7 Å². The molecular weight excluding hydrogens is 236 g/mol. The van der Waals surface area contributed by atoms with Crippen LogP contribution in [-0.4, -0.2) is 11.6 Å². The van der Waals surface area contributed by atoms with Crippen molar-refractivity contribution in [2.45, 2.75) is 90.6 Å². The fourth-order valence-electron chi connectivity index (χ4n) is 2.36. The second-order valence-corrected chi connectivity index (χ2v) is 5.70. The van der Waals surface area contributed by atoms with E-state index in [0.717, 1.165) is 25.7 Å². The van der Waals surface area contributed by atoms with Crippen molar-refractivity contribution in [1.29, 1.82) is 0 Å². The molecule has 19 heavy (non-hydrogen) atoms. The van der Waals surface area contributed by atoms with E-state index in [-0.39, 0.29) is 11.6 Å². The number of carbonyl (C=O) groups excluding carboxylic acids is 1. The van der Waals surface area contributed by atoms with Crippen molar-refractivity contribution < 1.29 is 9.53 Å². The van der Waals surface area contributed by atoms with Crippen LogP contribution in [0.1, 0.15) is 85.0 Å². The summed E-state index contributed by atoms with van der Waals surface area (Å²) in [4.78, 5) is 11.5. The first kappa shape index (κ1) is 18.2. The molecule has 0 rings (SSSR count). The highest BCUT2D eigenvalue weighted by Crippen LogP contribution is 2.26. The summed E-state index contributed by atoms with van der Waals surface area (Å²) in [5, 5.41) is 0. The van der Waals surface area contributed by atoms with E-state index in [1.807, 2.05) is 0 Å². The van der Waals surface area contributed by atoms with Crippen LogP contribution in [0.3, 0.4) is 0 Å². The number of esters is 1. The zero-order valence-electron chi connectivity index (χ0n) is 13.2. The van der Waals surface area contributed by atoms with Gasteiger partial charge in [-0.25, -0.2) is 4.79 Å².